The van der Waals surface area contributed by atoms with Crippen molar-refractivity contribution in [3.63, 3.8) is 0 Å². The van der Waals surface area contributed by atoms with Crippen molar-refractivity contribution in [2.45, 2.75) is 0 Å². The number of ether oxygens (including phenoxy) is 1. The Morgan fingerprint density at radius 1 is 0.931 bits per heavy atom. The van der Waals surface area contributed by atoms with Crippen LogP contribution in [0, 0.1) is 0 Å². The Hall–Kier alpha value is -3.65. The normalized spacial score (nSPS) is 14.3. The number of carbonyl (C=O) groups is 1. The van der Waals surface area contributed by atoms with Crippen LogP contribution in [0.4, 0.5) is 10.5 Å². The third-order valence-electron chi connectivity index (χ3n) is 4.72. The maximum Gasteiger partial charge on any atom is 0.322 e. The molecule has 1 fully saturated rings. The Labute approximate surface area is 167 Å². The van der Waals surface area contributed by atoms with E-state index in [0.29, 0.717) is 65.9 Å². The summed E-state index contributed by atoms with van der Waals surface area (Å²) < 4.78 is 16.4. The molecule has 1 saturated heterocycles. The van der Waals surface area contributed by atoms with Gasteiger partial charge in [0.15, 0.2) is 11.5 Å². The van der Waals surface area contributed by atoms with Crippen molar-refractivity contribution in [1.82, 2.24) is 14.9 Å². The number of carbonyl (C=O) groups excluding carboxylic acids is 1. The first-order valence-electron chi connectivity index (χ1n) is 9.31. The van der Waals surface area contributed by atoms with Gasteiger partial charge in [-0.1, -0.05) is 0 Å². The van der Waals surface area contributed by atoms with Gasteiger partial charge in [-0.3, -0.25) is 0 Å². The Kier molecular flexibility index (Phi) is 4.45. The largest absolute Gasteiger partial charge is 0.463 e. The average Bonchev–Trinajstić information content (AvgIpc) is 3.47. The average molecular weight is 392 g/mol. The number of anilines is 1. The molecule has 4 heterocycles. The molecule has 29 heavy (non-hydrogen) atoms. The molecule has 0 atom stereocenters. The van der Waals surface area contributed by atoms with E-state index in [4.69, 9.17) is 23.5 Å². The lowest BCUT2D eigenvalue weighted by Gasteiger charge is -2.26. The first-order chi connectivity index (χ1) is 14.3. The fraction of sp³-hybridized carbons (Fsp3) is 0.190. The number of amides is 2. The van der Waals surface area contributed by atoms with E-state index in [-0.39, 0.29) is 7.46 Å². The molecule has 2 amide bonds. The van der Waals surface area contributed by atoms with Crippen molar-refractivity contribution in [2.75, 3.05) is 31.6 Å². The van der Waals surface area contributed by atoms with Gasteiger partial charge in [0.05, 0.1) is 36.8 Å². The van der Waals surface area contributed by atoms with E-state index in [1.807, 2.05) is 24.3 Å². The van der Waals surface area contributed by atoms with Gasteiger partial charge in [-0.2, -0.15) is 0 Å². The summed E-state index contributed by atoms with van der Waals surface area (Å²) in [7, 11) is 0. The van der Waals surface area contributed by atoms with Crippen LogP contribution in [0.1, 0.15) is 1.43 Å². The Morgan fingerprint density at radius 2 is 1.59 bits per heavy atom. The molecule has 1 aromatic carbocycles. The van der Waals surface area contributed by atoms with Crippen LogP contribution >= 0.6 is 0 Å². The van der Waals surface area contributed by atoms with Crippen molar-refractivity contribution in [3.05, 3.63) is 55.0 Å². The van der Waals surface area contributed by atoms with Gasteiger partial charge >= 0.3 is 6.03 Å². The standard InChI is InChI=1S/C21H18N4O4.H2/c26-21(25-7-11-27-12-8-25)22-14-5-6-15-16(13-14)24-20(18-4-2-10-29-18)19(23-15)17-3-1-9-28-17;/h1-6,9-10,13H,7-8,11-12H2,(H,22,26);1H. The van der Waals surface area contributed by atoms with Crippen molar-refractivity contribution in [1.29, 1.82) is 0 Å². The molecule has 1 N–H and O–H groups in total. The molecule has 0 bridgehead atoms. The number of aromatic nitrogens is 2. The number of nitrogens with zero attached hydrogens (tertiary/aromatic N) is 3. The second-order valence-corrected chi connectivity index (χ2v) is 6.61. The van der Waals surface area contributed by atoms with Gasteiger partial charge in [-0.25, -0.2) is 14.8 Å². The number of fused-ring (bicyclic) bond motifs is 1. The minimum atomic E-state index is -0.154. The monoisotopic (exact) mass is 392 g/mol. The van der Waals surface area contributed by atoms with Gasteiger partial charge in [0.1, 0.15) is 11.4 Å². The highest BCUT2D eigenvalue weighted by atomic mass is 16.5. The fourth-order valence-electron chi connectivity index (χ4n) is 3.27. The van der Waals surface area contributed by atoms with Gasteiger partial charge in [0.2, 0.25) is 0 Å². The van der Waals surface area contributed by atoms with Crippen molar-refractivity contribution < 1.29 is 19.8 Å². The lowest BCUT2D eigenvalue weighted by molar-refractivity contribution is 0.0564. The molecule has 3 aromatic heterocycles. The molecule has 0 aliphatic carbocycles. The van der Waals surface area contributed by atoms with Crippen LogP contribution in [-0.2, 0) is 4.74 Å². The van der Waals surface area contributed by atoms with Crippen LogP contribution in [-0.4, -0.2) is 47.2 Å². The van der Waals surface area contributed by atoms with Crippen LogP contribution in [0.3, 0.4) is 0 Å². The second-order valence-electron chi connectivity index (χ2n) is 6.61. The van der Waals surface area contributed by atoms with Gasteiger partial charge < -0.3 is 23.8 Å². The van der Waals surface area contributed by atoms with Crippen molar-refractivity contribution in [2.24, 2.45) is 0 Å². The molecule has 0 spiro atoms. The highest BCUT2D eigenvalue weighted by Crippen LogP contribution is 2.32. The van der Waals surface area contributed by atoms with E-state index in [0.717, 1.165) is 0 Å². The van der Waals surface area contributed by atoms with Gasteiger partial charge in [0.25, 0.3) is 0 Å². The highest BCUT2D eigenvalue weighted by molar-refractivity contribution is 5.93. The molecule has 0 unspecified atom stereocenters. The predicted octanol–water partition coefficient (Wildman–Crippen LogP) is 4.26. The molecule has 5 rings (SSSR count). The SMILES string of the molecule is O=C(Nc1ccc2nc(-c3ccco3)c(-c3ccco3)nc2c1)N1CCOCC1.[HH]. The lowest BCUT2D eigenvalue weighted by Crippen LogP contribution is -2.43. The number of benzene rings is 1. The van der Waals surface area contributed by atoms with Crippen molar-refractivity contribution in [3.8, 4) is 22.9 Å². The Bertz CT molecular complexity index is 1140. The first kappa shape index (κ1) is 17.4. The molecule has 0 radical (unpaired) electrons. The summed E-state index contributed by atoms with van der Waals surface area (Å²) >= 11 is 0. The topological polar surface area (TPSA) is 93.6 Å². The van der Waals surface area contributed by atoms with E-state index in [1.165, 1.54) is 0 Å². The number of hydrogen-bond donors (Lipinski definition) is 1. The number of urea groups is 1. The van der Waals surface area contributed by atoms with E-state index in [9.17, 15) is 4.79 Å². The predicted molar refractivity (Wildman–Crippen MR) is 108 cm³/mol. The van der Waals surface area contributed by atoms with Crippen LogP contribution in [0.5, 0.6) is 0 Å². The van der Waals surface area contributed by atoms with E-state index < -0.39 is 0 Å². The third kappa shape index (κ3) is 3.45. The fourth-order valence-corrected chi connectivity index (χ4v) is 3.27. The van der Waals surface area contributed by atoms with E-state index >= 15 is 0 Å². The summed E-state index contributed by atoms with van der Waals surface area (Å²) in [6.45, 7) is 2.26. The molecule has 1 aliphatic heterocycles. The molecule has 148 valence electrons. The number of furan rings is 2. The van der Waals surface area contributed by atoms with E-state index in [2.05, 4.69) is 5.32 Å². The number of rotatable bonds is 3. The van der Waals surface area contributed by atoms with Gasteiger partial charge in [0, 0.05) is 20.2 Å². The van der Waals surface area contributed by atoms with Crippen LogP contribution in [0.25, 0.3) is 33.9 Å². The van der Waals surface area contributed by atoms with Gasteiger partial charge in [-0.15, -0.1) is 0 Å². The molecule has 0 saturated carbocycles. The molecular formula is C21H20N4O4. The lowest BCUT2D eigenvalue weighted by atomic mass is 10.1. The summed E-state index contributed by atoms with van der Waals surface area (Å²) in [6, 6.07) is 12.6. The molecule has 4 aromatic rings. The summed E-state index contributed by atoms with van der Waals surface area (Å²) in [5.41, 5.74) is 3.17. The maximum atomic E-state index is 12.5. The summed E-state index contributed by atoms with van der Waals surface area (Å²) in [5, 5.41) is 2.92. The second kappa shape index (κ2) is 7.40. The zero-order valence-electron chi connectivity index (χ0n) is 15.5. The summed E-state index contributed by atoms with van der Waals surface area (Å²) in [4.78, 5) is 23.7. The first-order valence-corrected chi connectivity index (χ1v) is 9.31. The molecule has 1 aliphatic rings. The van der Waals surface area contributed by atoms with E-state index in [1.54, 1.807) is 35.6 Å². The smallest absolute Gasteiger partial charge is 0.322 e. The summed E-state index contributed by atoms with van der Waals surface area (Å²) in [6.07, 6.45) is 3.18. The molecule has 8 heteroatoms. The zero-order valence-corrected chi connectivity index (χ0v) is 15.5. The van der Waals surface area contributed by atoms with Crippen molar-refractivity contribution >= 4 is 22.8 Å². The van der Waals surface area contributed by atoms with Crippen LogP contribution in [0.2, 0.25) is 0 Å². The van der Waals surface area contributed by atoms with Crippen LogP contribution < -0.4 is 5.32 Å². The minimum absolute atomic E-state index is 0. The number of nitrogens with one attached hydrogen (secondary N) is 1. The Morgan fingerprint density at radius 3 is 2.21 bits per heavy atom. The highest BCUT2D eigenvalue weighted by Gasteiger charge is 2.19. The van der Waals surface area contributed by atoms with Crippen LogP contribution in [0.15, 0.2) is 63.8 Å². The Balaban J connectivity index is 0.00000218. The van der Waals surface area contributed by atoms with Gasteiger partial charge in [-0.05, 0) is 42.5 Å². The zero-order chi connectivity index (χ0) is 19.6. The minimum Gasteiger partial charge on any atom is -0.463 e. The third-order valence-corrected chi connectivity index (χ3v) is 4.72. The number of morpholine rings is 1. The summed E-state index contributed by atoms with van der Waals surface area (Å²) in [5.74, 6) is 1.20. The molecular weight excluding hydrogens is 372 g/mol. The maximum absolute atomic E-state index is 12.5. The number of hydrogen-bond acceptors (Lipinski definition) is 6. The quantitative estimate of drug-likeness (QED) is 0.560. The molecule has 8 nitrogen and oxygen atoms in total.